The third kappa shape index (κ3) is 7.15. The highest BCUT2D eigenvalue weighted by Gasteiger charge is 2.52. The Morgan fingerprint density at radius 3 is 2.62 bits per heavy atom. The lowest BCUT2D eigenvalue weighted by Crippen LogP contribution is -2.57. The van der Waals surface area contributed by atoms with Gasteiger partial charge in [-0.1, -0.05) is 24.3 Å². The number of fused-ring (bicyclic) bond motifs is 4. The molecule has 0 saturated carbocycles. The van der Waals surface area contributed by atoms with Gasteiger partial charge in [-0.05, 0) is 106 Å². The molecule has 7 rings (SSSR count). The molecule has 292 valence electrons. The lowest BCUT2D eigenvalue weighted by Gasteiger charge is -2.48. The van der Waals surface area contributed by atoms with Crippen LogP contribution in [0.15, 0.2) is 81.8 Å². The molecule has 2 bridgehead atoms. The number of phenols is 2. The van der Waals surface area contributed by atoms with E-state index >= 15 is 0 Å². The Kier molecular flexibility index (Phi) is 10.7. The number of nitrogens with two attached hydrogens (primary N) is 2. The number of nitrogen functional groups attached to an aromatic ring is 2. The number of aromatic hydroxyl groups is 2. The third-order valence-electron chi connectivity index (χ3n) is 11.4. The number of nitrogens with zero attached hydrogens (tertiary/aromatic N) is 2. The fourth-order valence-electron chi connectivity index (χ4n) is 8.35. The Morgan fingerprint density at radius 1 is 1.09 bits per heavy atom. The summed E-state index contributed by atoms with van der Waals surface area (Å²) in [6.45, 7) is 3.69. The number of benzene rings is 2. The van der Waals surface area contributed by atoms with Gasteiger partial charge in [0, 0.05) is 53.4 Å². The lowest BCUT2D eigenvalue weighted by molar-refractivity contribution is -0.165. The van der Waals surface area contributed by atoms with Crippen LogP contribution in [0.3, 0.4) is 0 Å². The van der Waals surface area contributed by atoms with Crippen LogP contribution in [0.1, 0.15) is 71.7 Å². The smallest absolute Gasteiger partial charge is 0.334 e. The minimum atomic E-state index is -1.24. The highest BCUT2D eigenvalue weighted by atomic mass is 16.6. The summed E-state index contributed by atoms with van der Waals surface area (Å²) in [4.78, 5) is 36.7. The summed E-state index contributed by atoms with van der Waals surface area (Å²) < 4.78 is 20.1. The minimum Gasteiger partial charge on any atom is -0.508 e. The van der Waals surface area contributed by atoms with Crippen LogP contribution in [-0.4, -0.2) is 56.6 Å². The molecule has 0 saturated heterocycles. The predicted molar refractivity (Wildman–Crippen MR) is 211 cm³/mol. The number of aliphatic hydroxyl groups excluding tert-OH is 1. The summed E-state index contributed by atoms with van der Waals surface area (Å²) in [6, 6.07) is 13.6. The zero-order valence-corrected chi connectivity index (χ0v) is 31.7. The van der Waals surface area contributed by atoms with Gasteiger partial charge in [0.2, 0.25) is 0 Å². The number of phenolic OH excluding ortho intramolecular Hbond substituents is 2. The number of allylic oxidation sites excluding steroid dienone is 1. The number of anilines is 2. The van der Waals surface area contributed by atoms with Crippen LogP contribution in [0, 0.1) is 5.92 Å². The van der Waals surface area contributed by atoms with Crippen molar-refractivity contribution in [3.05, 3.63) is 122 Å². The molecule has 5 aromatic rings. The van der Waals surface area contributed by atoms with Crippen molar-refractivity contribution in [2.45, 2.75) is 76.6 Å². The fourth-order valence-corrected chi connectivity index (χ4v) is 8.35. The molecule has 0 spiro atoms. The van der Waals surface area contributed by atoms with Gasteiger partial charge in [-0.15, -0.1) is 0 Å². The second-order valence-electron chi connectivity index (χ2n) is 14.8. The molecular formula is C43H47N5O8. The summed E-state index contributed by atoms with van der Waals surface area (Å²) in [5.74, 6) is -0.787. The molecule has 4 atom stereocenters. The predicted octanol–water partition coefficient (Wildman–Crippen LogP) is 4.99. The lowest BCUT2D eigenvalue weighted by atomic mass is 9.71. The van der Waals surface area contributed by atoms with Gasteiger partial charge in [0.25, 0.3) is 0 Å². The molecule has 4 unspecified atom stereocenters. The Labute approximate surface area is 324 Å². The average Bonchev–Trinajstić information content (AvgIpc) is 3.17. The van der Waals surface area contributed by atoms with Gasteiger partial charge in [0.15, 0.2) is 5.43 Å². The Balaban J connectivity index is 1.54. The van der Waals surface area contributed by atoms with Crippen LogP contribution in [0.2, 0.25) is 0 Å². The van der Waals surface area contributed by atoms with E-state index in [1.54, 1.807) is 56.7 Å². The van der Waals surface area contributed by atoms with E-state index in [9.17, 15) is 24.9 Å². The summed E-state index contributed by atoms with van der Waals surface area (Å²) in [7, 11) is 1.81. The minimum absolute atomic E-state index is 0.000298. The number of aliphatic hydroxyl groups is 1. The van der Waals surface area contributed by atoms with Gasteiger partial charge in [-0.2, -0.15) is 0 Å². The zero-order chi connectivity index (χ0) is 39.7. The quantitative estimate of drug-likeness (QED) is 0.0818. The van der Waals surface area contributed by atoms with E-state index in [1.165, 1.54) is 0 Å². The molecule has 2 aliphatic heterocycles. The van der Waals surface area contributed by atoms with Crippen LogP contribution >= 0.6 is 0 Å². The summed E-state index contributed by atoms with van der Waals surface area (Å²) in [5, 5.41) is 35.8. The van der Waals surface area contributed by atoms with Gasteiger partial charge >= 0.3 is 5.97 Å². The second-order valence-corrected chi connectivity index (χ2v) is 14.8. The molecule has 8 N–H and O–H groups in total. The molecule has 0 amide bonds. The van der Waals surface area contributed by atoms with E-state index in [-0.39, 0.29) is 51.9 Å². The molecule has 0 aliphatic carbocycles. The van der Waals surface area contributed by atoms with E-state index in [0.29, 0.717) is 61.4 Å². The first-order chi connectivity index (χ1) is 26.9. The molecule has 13 nitrogen and oxygen atoms in total. The van der Waals surface area contributed by atoms with Crippen LogP contribution in [-0.2, 0) is 41.8 Å². The maximum Gasteiger partial charge on any atom is 0.334 e. The fraction of sp³-hybridized carbons (Fsp3) is 0.349. The van der Waals surface area contributed by atoms with Crippen LogP contribution < -0.4 is 26.9 Å². The molecule has 0 radical (unpaired) electrons. The van der Waals surface area contributed by atoms with E-state index in [4.69, 9.17) is 25.4 Å². The number of carbonyl (C=O) groups is 1. The highest BCUT2D eigenvalue weighted by Crippen LogP contribution is 2.54. The first-order valence-corrected chi connectivity index (χ1v) is 18.8. The van der Waals surface area contributed by atoms with Crippen molar-refractivity contribution in [1.82, 2.24) is 15.3 Å². The molecule has 5 heterocycles. The van der Waals surface area contributed by atoms with Crippen molar-refractivity contribution >= 4 is 28.6 Å². The van der Waals surface area contributed by atoms with Crippen molar-refractivity contribution in [2.75, 3.05) is 25.1 Å². The van der Waals surface area contributed by atoms with Gasteiger partial charge in [0.05, 0.1) is 0 Å². The number of hydrogen-bond acceptors (Lipinski definition) is 13. The molecule has 56 heavy (non-hydrogen) atoms. The number of aromatic nitrogens is 2. The standard InChI is InChI=1S/C43H47N5O8/c1-4-25(12-14-46-3)42(53)55-34-20-32-38(52)37-33(51)19-28(22-49)54-40(37)36-31(18-23-6-5-7-27(50)17-23)29-13-15-47-41(45)30(29)10-9-26(43(34,2)56-39(32)36)16-24-8-11-35(44)48-21-24/h4-8,11,13,15,17,19,21,26,31,34,46,49-50,52H,9-10,12,14,16,18,20,22H2,1-3H3,(H2,44,48)(H2,45,47). The zero-order valence-electron chi connectivity index (χ0n) is 31.7. The summed E-state index contributed by atoms with van der Waals surface area (Å²) in [6.07, 6.45) is 6.29. The highest BCUT2D eigenvalue weighted by molar-refractivity contribution is 5.92. The Bertz CT molecular complexity index is 2380. The van der Waals surface area contributed by atoms with Crippen molar-refractivity contribution in [2.24, 2.45) is 5.92 Å². The Morgan fingerprint density at radius 2 is 1.91 bits per heavy atom. The number of ether oxygens (including phenoxy) is 2. The van der Waals surface area contributed by atoms with Gasteiger partial charge < -0.3 is 46.0 Å². The molecule has 2 aromatic carbocycles. The largest absolute Gasteiger partial charge is 0.508 e. The maximum atomic E-state index is 14.0. The van der Waals surface area contributed by atoms with E-state index < -0.39 is 35.6 Å². The third-order valence-corrected chi connectivity index (χ3v) is 11.4. The SMILES string of the molecule is CC=C(CCNC)C(=O)OC1Cc2c3c(c4oc(CO)cc(=O)c4c2O)C(Cc2cccc(O)c2)c2ccnc(N)c2CCC(Cc2ccc(N)nc2)C1(C)O3. The van der Waals surface area contributed by atoms with E-state index in [1.807, 2.05) is 25.1 Å². The molecule has 13 heteroatoms. The maximum absolute atomic E-state index is 14.0. The first kappa shape index (κ1) is 38.4. The van der Waals surface area contributed by atoms with Crippen LogP contribution in [0.4, 0.5) is 11.6 Å². The topological polar surface area (TPSA) is 216 Å². The number of nitrogens with one attached hydrogen (secondary N) is 1. The Hall–Kier alpha value is -5.92. The van der Waals surface area contributed by atoms with Crippen molar-refractivity contribution in [3.8, 4) is 17.2 Å². The average molecular weight is 762 g/mol. The number of esters is 1. The van der Waals surface area contributed by atoms with E-state index in [2.05, 4.69) is 15.3 Å². The molecular weight excluding hydrogens is 714 g/mol. The van der Waals surface area contributed by atoms with Crippen molar-refractivity contribution in [3.63, 3.8) is 0 Å². The molecule has 2 aliphatic rings. The van der Waals surface area contributed by atoms with E-state index in [0.717, 1.165) is 28.3 Å². The number of carbonyl (C=O) groups excluding carboxylic acids is 1. The van der Waals surface area contributed by atoms with Crippen molar-refractivity contribution in [1.29, 1.82) is 0 Å². The normalized spacial score (nSPS) is 20.6. The number of hydrogen-bond donors (Lipinski definition) is 6. The van der Waals surface area contributed by atoms with Crippen molar-refractivity contribution < 1.29 is 34.0 Å². The summed E-state index contributed by atoms with van der Waals surface area (Å²) in [5.41, 5.74) is 15.4. The van der Waals surface area contributed by atoms with Gasteiger partial charge in [-0.25, -0.2) is 14.8 Å². The number of rotatable bonds is 10. The first-order valence-electron chi connectivity index (χ1n) is 18.8. The van der Waals surface area contributed by atoms with Gasteiger partial charge in [0.1, 0.15) is 63.9 Å². The monoisotopic (exact) mass is 761 g/mol. The van der Waals surface area contributed by atoms with Gasteiger partial charge in [-0.3, -0.25) is 4.79 Å². The molecule has 0 fully saturated rings. The summed E-state index contributed by atoms with van der Waals surface area (Å²) >= 11 is 0. The number of pyridine rings is 2. The van der Waals surface area contributed by atoms with Crippen LogP contribution in [0.5, 0.6) is 17.2 Å². The van der Waals surface area contributed by atoms with Crippen LogP contribution in [0.25, 0.3) is 11.0 Å². The molecule has 3 aromatic heterocycles. The second kappa shape index (κ2) is 15.7.